The number of piperidine rings is 1. The van der Waals surface area contributed by atoms with Crippen LogP contribution < -0.4 is 16.4 Å². The van der Waals surface area contributed by atoms with Gasteiger partial charge >= 0.3 is 0 Å². The van der Waals surface area contributed by atoms with Crippen molar-refractivity contribution in [2.75, 3.05) is 26.2 Å². The second-order valence-electron chi connectivity index (χ2n) is 7.24. The third kappa shape index (κ3) is 8.05. The van der Waals surface area contributed by atoms with Crippen molar-refractivity contribution in [3.8, 4) is 0 Å². The molecular weight excluding hydrogens is 344 g/mol. The number of carbonyl (C=O) groups excluding carboxylic acids is 3. The van der Waals surface area contributed by atoms with Crippen molar-refractivity contribution >= 4 is 30.1 Å². The SMILES string of the molecule is CC(C)C(=O)NCC1CCCN(C(=O)CNC(=O)[C@@H](N)C(C)C)C1.Cl. The molecule has 2 atom stereocenters. The summed E-state index contributed by atoms with van der Waals surface area (Å²) < 4.78 is 0. The molecule has 8 heteroatoms. The van der Waals surface area contributed by atoms with E-state index in [-0.39, 0.29) is 54.4 Å². The van der Waals surface area contributed by atoms with Crippen molar-refractivity contribution in [1.82, 2.24) is 15.5 Å². The number of hydrogen-bond acceptors (Lipinski definition) is 4. The maximum Gasteiger partial charge on any atom is 0.241 e. The molecule has 0 spiro atoms. The van der Waals surface area contributed by atoms with Gasteiger partial charge in [-0.3, -0.25) is 14.4 Å². The minimum absolute atomic E-state index is 0. The zero-order valence-corrected chi connectivity index (χ0v) is 16.5. The molecular formula is C17H33ClN4O3. The van der Waals surface area contributed by atoms with E-state index in [4.69, 9.17) is 5.73 Å². The summed E-state index contributed by atoms with van der Waals surface area (Å²) >= 11 is 0. The molecule has 1 aliphatic rings. The standard InChI is InChI=1S/C17H32N4O3.ClH/c1-11(2)15(18)17(24)20-9-14(22)21-7-5-6-13(10-21)8-19-16(23)12(3)4;/h11-13,15H,5-10,18H2,1-4H3,(H,19,23)(H,20,24);1H/t13?,15-;/m0./s1. The van der Waals surface area contributed by atoms with Crippen LogP contribution in [0.5, 0.6) is 0 Å². The third-order valence-electron chi connectivity index (χ3n) is 4.40. The largest absolute Gasteiger partial charge is 0.356 e. The molecule has 0 aromatic heterocycles. The summed E-state index contributed by atoms with van der Waals surface area (Å²) in [6.45, 7) is 9.32. The van der Waals surface area contributed by atoms with E-state index >= 15 is 0 Å². The molecule has 1 unspecified atom stereocenters. The van der Waals surface area contributed by atoms with Crippen LogP contribution in [0, 0.1) is 17.8 Å². The van der Waals surface area contributed by atoms with E-state index in [2.05, 4.69) is 10.6 Å². The van der Waals surface area contributed by atoms with Gasteiger partial charge in [-0.05, 0) is 24.7 Å². The van der Waals surface area contributed by atoms with Gasteiger partial charge in [-0.2, -0.15) is 0 Å². The molecule has 0 aliphatic carbocycles. The summed E-state index contributed by atoms with van der Waals surface area (Å²) in [5, 5.41) is 5.54. The lowest BCUT2D eigenvalue weighted by Gasteiger charge is -2.33. The highest BCUT2D eigenvalue weighted by Gasteiger charge is 2.25. The molecule has 1 rings (SSSR count). The minimum Gasteiger partial charge on any atom is -0.356 e. The lowest BCUT2D eigenvalue weighted by Crippen LogP contribution is -2.50. The predicted octanol–water partition coefficient (Wildman–Crippen LogP) is 0.519. The van der Waals surface area contributed by atoms with E-state index in [0.29, 0.717) is 19.6 Å². The third-order valence-corrected chi connectivity index (χ3v) is 4.40. The Labute approximate surface area is 156 Å². The first kappa shape index (κ1) is 23.7. The van der Waals surface area contributed by atoms with Crippen molar-refractivity contribution in [2.45, 2.75) is 46.6 Å². The molecule has 0 radical (unpaired) electrons. The van der Waals surface area contributed by atoms with Crippen LogP contribution in [0.25, 0.3) is 0 Å². The minimum atomic E-state index is -0.599. The monoisotopic (exact) mass is 376 g/mol. The summed E-state index contributed by atoms with van der Waals surface area (Å²) in [5.41, 5.74) is 5.76. The van der Waals surface area contributed by atoms with Crippen molar-refractivity contribution < 1.29 is 14.4 Å². The lowest BCUT2D eigenvalue weighted by molar-refractivity contribution is -0.134. The van der Waals surface area contributed by atoms with Gasteiger partial charge < -0.3 is 21.3 Å². The number of nitrogens with one attached hydrogen (secondary N) is 2. The van der Waals surface area contributed by atoms with Crippen LogP contribution in [0.3, 0.4) is 0 Å². The molecule has 1 fully saturated rings. The van der Waals surface area contributed by atoms with Gasteiger partial charge in [-0.25, -0.2) is 0 Å². The molecule has 0 bridgehead atoms. The maximum absolute atomic E-state index is 12.3. The summed E-state index contributed by atoms with van der Waals surface area (Å²) in [6.07, 6.45) is 1.90. The number of rotatable bonds is 7. The number of halogens is 1. The zero-order chi connectivity index (χ0) is 18.3. The molecule has 0 saturated carbocycles. The van der Waals surface area contributed by atoms with E-state index < -0.39 is 6.04 Å². The van der Waals surface area contributed by atoms with Gasteiger partial charge in [0.15, 0.2) is 0 Å². The normalized spacial score (nSPS) is 18.5. The van der Waals surface area contributed by atoms with Gasteiger partial charge in [0.25, 0.3) is 0 Å². The smallest absolute Gasteiger partial charge is 0.241 e. The van der Waals surface area contributed by atoms with E-state index in [0.717, 1.165) is 12.8 Å². The molecule has 0 aromatic carbocycles. The highest BCUT2D eigenvalue weighted by atomic mass is 35.5. The number of carbonyl (C=O) groups is 3. The van der Waals surface area contributed by atoms with Crippen LogP contribution >= 0.6 is 12.4 Å². The average Bonchev–Trinajstić information content (AvgIpc) is 2.56. The summed E-state index contributed by atoms with van der Waals surface area (Å²) in [4.78, 5) is 37.5. The van der Waals surface area contributed by atoms with Crippen LogP contribution in [0.2, 0.25) is 0 Å². The Morgan fingerprint density at radius 3 is 2.32 bits per heavy atom. The number of hydrogen-bond donors (Lipinski definition) is 3. The number of likely N-dealkylation sites (tertiary alicyclic amines) is 1. The molecule has 1 saturated heterocycles. The molecule has 3 amide bonds. The van der Waals surface area contributed by atoms with Gasteiger partial charge in [0.1, 0.15) is 0 Å². The van der Waals surface area contributed by atoms with Crippen LogP contribution in [0.1, 0.15) is 40.5 Å². The second kappa shape index (κ2) is 11.3. The average molecular weight is 377 g/mol. The molecule has 146 valence electrons. The first-order valence-electron chi connectivity index (χ1n) is 8.81. The number of amides is 3. The first-order valence-corrected chi connectivity index (χ1v) is 8.81. The Hall–Kier alpha value is -1.34. The van der Waals surface area contributed by atoms with Gasteiger partial charge in [0.05, 0.1) is 12.6 Å². The van der Waals surface area contributed by atoms with Gasteiger partial charge in [-0.1, -0.05) is 27.7 Å². The van der Waals surface area contributed by atoms with Gasteiger partial charge in [-0.15, -0.1) is 12.4 Å². The Bertz CT molecular complexity index is 457. The molecule has 7 nitrogen and oxygen atoms in total. The van der Waals surface area contributed by atoms with Crippen LogP contribution in [-0.2, 0) is 14.4 Å². The Morgan fingerprint density at radius 1 is 1.12 bits per heavy atom. The summed E-state index contributed by atoms with van der Waals surface area (Å²) in [7, 11) is 0. The van der Waals surface area contributed by atoms with Gasteiger partial charge in [0, 0.05) is 25.6 Å². The van der Waals surface area contributed by atoms with Crippen molar-refractivity contribution in [3.63, 3.8) is 0 Å². The van der Waals surface area contributed by atoms with Crippen molar-refractivity contribution in [1.29, 1.82) is 0 Å². The highest BCUT2D eigenvalue weighted by Crippen LogP contribution is 2.16. The molecule has 0 aromatic rings. The van der Waals surface area contributed by atoms with Crippen LogP contribution in [0.4, 0.5) is 0 Å². The Morgan fingerprint density at radius 2 is 1.76 bits per heavy atom. The Balaban J connectivity index is 0.00000576. The maximum atomic E-state index is 12.3. The summed E-state index contributed by atoms with van der Waals surface area (Å²) in [5.74, 6) is -0.0987. The number of nitrogens with zero attached hydrogens (tertiary/aromatic N) is 1. The second-order valence-corrected chi connectivity index (χ2v) is 7.24. The van der Waals surface area contributed by atoms with Gasteiger partial charge in [0.2, 0.25) is 17.7 Å². The van der Waals surface area contributed by atoms with E-state index in [1.54, 1.807) is 4.90 Å². The number of nitrogens with two attached hydrogens (primary N) is 1. The van der Waals surface area contributed by atoms with E-state index in [1.807, 2.05) is 27.7 Å². The first-order chi connectivity index (χ1) is 11.2. The van der Waals surface area contributed by atoms with Crippen molar-refractivity contribution in [3.05, 3.63) is 0 Å². The zero-order valence-electron chi connectivity index (χ0n) is 15.7. The molecule has 1 aliphatic heterocycles. The predicted molar refractivity (Wildman–Crippen MR) is 100 cm³/mol. The van der Waals surface area contributed by atoms with E-state index in [1.165, 1.54) is 0 Å². The summed E-state index contributed by atoms with van der Waals surface area (Å²) in [6, 6.07) is -0.599. The fraction of sp³-hybridized carbons (Fsp3) is 0.824. The molecule has 1 heterocycles. The van der Waals surface area contributed by atoms with Crippen molar-refractivity contribution in [2.24, 2.45) is 23.5 Å². The molecule has 4 N–H and O–H groups in total. The van der Waals surface area contributed by atoms with Crippen LogP contribution in [0.15, 0.2) is 0 Å². The fourth-order valence-corrected chi connectivity index (χ4v) is 2.60. The van der Waals surface area contributed by atoms with E-state index in [9.17, 15) is 14.4 Å². The topological polar surface area (TPSA) is 105 Å². The van der Waals surface area contributed by atoms with Crippen LogP contribution in [-0.4, -0.2) is 54.8 Å². The quantitative estimate of drug-likeness (QED) is 0.602. The Kier molecular flexibility index (Phi) is 10.7. The lowest BCUT2D eigenvalue weighted by atomic mass is 9.97. The fourth-order valence-electron chi connectivity index (χ4n) is 2.60. The highest BCUT2D eigenvalue weighted by molar-refractivity contribution is 5.87. The molecule has 25 heavy (non-hydrogen) atoms.